The number of halogens is 3. The number of para-hydroxylation sites is 1. The third-order valence-corrected chi connectivity index (χ3v) is 4.77. The van der Waals surface area contributed by atoms with E-state index in [-0.39, 0.29) is 11.1 Å². The van der Waals surface area contributed by atoms with Crippen molar-refractivity contribution in [1.29, 1.82) is 0 Å². The van der Waals surface area contributed by atoms with Gasteiger partial charge in [-0.3, -0.25) is 0 Å². The van der Waals surface area contributed by atoms with Crippen molar-refractivity contribution in [2.24, 2.45) is 11.3 Å². The Morgan fingerprint density at radius 1 is 1.43 bits per heavy atom. The van der Waals surface area contributed by atoms with Gasteiger partial charge in [0.05, 0.1) is 11.3 Å². The third-order valence-electron chi connectivity index (χ3n) is 4.77. The van der Waals surface area contributed by atoms with Gasteiger partial charge in [-0.1, -0.05) is 19.1 Å². The van der Waals surface area contributed by atoms with E-state index in [9.17, 15) is 18.0 Å². The Kier molecular flexibility index (Phi) is 3.15. The van der Waals surface area contributed by atoms with Crippen LogP contribution in [0.25, 0.3) is 0 Å². The second-order valence-electron chi connectivity index (χ2n) is 5.97. The molecule has 114 valence electrons. The van der Waals surface area contributed by atoms with Crippen molar-refractivity contribution in [3.05, 3.63) is 29.8 Å². The van der Waals surface area contributed by atoms with Crippen LogP contribution >= 0.6 is 0 Å². The second-order valence-corrected chi connectivity index (χ2v) is 5.97. The van der Waals surface area contributed by atoms with Crippen LogP contribution in [0.5, 0.6) is 0 Å². The first-order chi connectivity index (χ1) is 9.86. The van der Waals surface area contributed by atoms with Crippen molar-refractivity contribution in [2.75, 3.05) is 18.4 Å². The average Bonchev–Trinajstić information content (AvgIpc) is 3.00. The fourth-order valence-electron chi connectivity index (χ4n) is 3.33. The molecule has 3 nitrogen and oxygen atoms in total. The Morgan fingerprint density at radius 2 is 2.14 bits per heavy atom. The van der Waals surface area contributed by atoms with E-state index in [1.54, 1.807) is 4.90 Å². The van der Waals surface area contributed by atoms with Crippen LogP contribution in [-0.4, -0.2) is 24.0 Å². The summed E-state index contributed by atoms with van der Waals surface area (Å²) in [5.74, 6) is 0.520. The number of likely N-dealkylation sites (tertiary alicyclic amines) is 1. The minimum absolute atomic E-state index is 0.180. The maximum Gasteiger partial charge on any atom is 0.418 e. The van der Waals surface area contributed by atoms with Gasteiger partial charge in [0.15, 0.2) is 0 Å². The molecule has 0 radical (unpaired) electrons. The zero-order valence-corrected chi connectivity index (χ0v) is 11.7. The molecule has 1 aromatic rings. The first kappa shape index (κ1) is 14.2. The Morgan fingerprint density at radius 3 is 2.76 bits per heavy atom. The zero-order valence-electron chi connectivity index (χ0n) is 11.7. The molecule has 2 atom stereocenters. The predicted octanol–water partition coefficient (Wildman–Crippen LogP) is 3.97. The summed E-state index contributed by atoms with van der Waals surface area (Å²) in [6.07, 6.45) is -2.32. The van der Waals surface area contributed by atoms with Crippen molar-refractivity contribution in [2.45, 2.75) is 25.9 Å². The lowest BCUT2D eigenvalue weighted by atomic mass is 10.0. The number of urea groups is 1. The molecule has 0 bridgehead atoms. The predicted molar refractivity (Wildman–Crippen MR) is 72.9 cm³/mol. The summed E-state index contributed by atoms with van der Waals surface area (Å²) in [5, 5.41) is 2.41. The van der Waals surface area contributed by atoms with Crippen LogP contribution in [0.1, 0.15) is 25.3 Å². The molecular formula is C15H17F3N2O. The minimum atomic E-state index is -4.47. The highest BCUT2D eigenvalue weighted by molar-refractivity contribution is 5.90. The Labute approximate surface area is 121 Å². The maximum absolute atomic E-state index is 12.9. The Bertz CT molecular complexity index is 568. The van der Waals surface area contributed by atoms with Gasteiger partial charge in [-0.05, 0) is 36.3 Å². The second kappa shape index (κ2) is 4.64. The van der Waals surface area contributed by atoms with E-state index in [1.807, 2.05) is 0 Å². The Balaban J connectivity index is 1.72. The number of nitrogens with zero attached hydrogens (tertiary/aromatic N) is 1. The molecule has 1 aliphatic heterocycles. The van der Waals surface area contributed by atoms with Gasteiger partial charge < -0.3 is 10.2 Å². The number of carbonyl (C=O) groups is 1. The number of benzene rings is 1. The fraction of sp³-hybridized carbons (Fsp3) is 0.533. The minimum Gasteiger partial charge on any atom is -0.324 e. The molecule has 1 N–H and O–H groups in total. The first-order valence-corrected chi connectivity index (χ1v) is 7.08. The smallest absolute Gasteiger partial charge is 0.324 e. The van der Waals surface area contributed by atoms with Crippen molar-refractivity contribution in [1.82, 2.24) is 4.90 Å². The van der Waals surface area contributed by atoms with Gasteiger partial charge in [-0.15, -0.1) is 0 Å². The lowest BCUT2D eigenvalue weighted by Gasteiger charge is -2.22. The molecule has 2 amide bonds. The number of carbonyl (C=O) groups excluding carboxylic acids is 1. The van der Waals surface area contributed by atoms with Gasteiger partial charge in [0.1, 0.15) is 0 Å². The standard InChI is InChI=1S/C15H17F3N2O/c1-2-14-7-10(14)8-20(9-14)13(21)19-12-6-4-3-5-11(12)15(16,17)18/h3-6,10H,2,7-9H2,1H3,(H,19,21). The maximum atomic E-state index is 12.9. The van der Waals surface area contributed by atoms with Crippen LogP contribution in [0.3, 0.4) is 0 Å². The number of amides is 2. The Hall–Kier alpha value is -1.72. The van der Waals surface area contributed by atoms with Crippen molar-refractivity contribution < 1.29 is 18.0 Å². The molecule has 1 aromatic carbocycles. The average molecular weight is 298 g/mol. The number of hydrogen-bond acceptors (Lipinski definition) is 1. The molecule has 21 heavy (non-hydrogen) atoms. The summed E-state index contributed by atoms with van der Waals surface area (Å²) < 4.78 is 38.7. The number of piperidine rings is 1. The topological polar surface area (TPSA) is 32.3 Å². The monoisotopic (exact) mass is 298 g/mol. The summed E-state index contributed by atoms with van der Waals surface area (Å²) in [7, 11) is 0. The lowest BCUT2D eigenvalue weighted by Crippen LogP contribution is -2.36. The molecule has 0 spiro atoms. The molecule has 1 aliphatic carbocycles. The van der Waals surface area contributed by atoms with Gasteiger partial charge in [-0.25, -0.2) is 4.79 Å². The highest BCUT2D eigenvalue weighted by Gasteiger charge is 2.59. The van der Waals surface area contributed by atoms with E-state index in [0.717, 1.165) is 18.9 Å². The van der Waals surface area contributed by atoms with Crippen LogP contribution in [0.15, 0.2) is 24.3 Å². The third kappa shape index (κ3) is 2.47. The fourth-order valence-corrected chi connectivity index (χ4v) is 3.33. The highest BCUT2D eigenvalue weighted by atomic mass is 19.4. The summed E-state index contributed by atoms with van der Waals surface area (Å²) in [6, 6.07) is 4.62. The van der Waals surface area contributed by atoms with E-state index in [0.29, 0.717) is 19.0 Å². The normalized spacial score (nSPS) is 27.4. The SMILES string of the molecule is CCC12CC1CN(C(=O)Nc1ccccc1C(F)(F)F)C2. The number of hydrogen-bond donors (Lipinski definition) is 1. The number of alkyl halides is 3. The number of rotatable bonds is 2. The molecular weight excluding hydrogens is 281 g/mol. The van der Waals surface area contributed by atoms with Crippen molar-refractivity contribution in [3.63, 3.8) is 0 Å². The van der Waals surface area contributed by atoms with Crippen LogP contribution in [-0.2, 0) is 6.18 Å². The summed E-state index contributed by atoms with van der Waals surface area (Å²) in [5.41, 5.74) is -0.769. The van der Waals surface area contributed by atoms with Gasteiger partial charge in [0, 0.05) is 13.1 Å². The molecule has 1 saturated carbocycles. The molecule has 2 fully saturated rings. The van der Waals surface area contributed by atoms with E-state index >= 15 is 0 Å². The van der Waals surface area contributed by atoms with Crippen LogP contribution in [0.2, 0.25) is 0 Å². The van der Waals surface area contributed by atoms with Crippen molar-refractivity contribution >= 4 is 11.7 Å². The zero-order chi connectivity index (χ0) is 15.3. The molecule has 1 saturated heterocycles. The van der Waals surface area contributed by atoms with E-state index < -0.39 is 17.8 Å². The van der Waals surface area contributed by atoms with E-state index in [1.165, 1.54) is 18.2 Å². The number of fused-ring (bicyclic) bond motifs is 1. The summed E-state index contributed by atoms with van der Waals surface area (Å²) in [6.45, 7) is 3.39. The van der Waals surface area contributed by atoms with E-state index in [2.05, 4.69) is 12.2 Å². The molecule has 6 heteroatoms. The molecule has 2 aliphatic rings. The van der Waals surface area contributed by atoms with Crippen LogP contribution in [0, 0.1) is 11.3 Å². The van der Waals surface area contributed by atoms with Crippen LogP contribution < -0.4 is 5.32 Å². The molecule has 1 heterocycles. The number of anilines is 1. The van der Waals surface area contributed by atoms with Gasteiger partial charge in [0.2, 0.25) is 0 Å². The van der Waals surface area contributed by atoms with Gasteiger partial charge in [-0.2, -0.15) is 13.2 Å². The lowest BCUT2D eigenvalue weighted by molar-refractivity contribution is -0.136. The molecule has 2 unspecified atom stereocenters. The van der Waals surface area contributed by atoms with Crippen LogP contribution in [0.4, 0.5) is 23.7 Å². The highest BCUT2D eigenvalue weighted by Crippen LogP contribution is 2.59. The van der Waals surface area contributed by atoms with E-state index in [4.69, 9.17) is 0 Å². The summed E-state index contributed by atoms with van der Waals surface area (Å²) in [4.78, 5) is 13.8. The first-order valence-electron chi connectivity index (χ1n) is 7.08. The quantitative estimate of drug-likeness (QED) is 0.880. The molecule has 3 rings (SSSR count). The molecule has 0 aromatic heterocycles. The largest absolute Gasteiger partial charge is 0.418 e. The van der Waals surface area contributed by atoms with Gasteiger partial charge >= 0.3 is 12.2 Å². The van der Waals surface area contributed by atoms with Crippen molar-refractivity contribution in [3.8, 4) is 0 Å². The summed E-state index contributed by atoms with van der Waals surface area (Å²) >= 11 is 0. The van der Waals surface area contributed by atoms with Gasteiger partial charge in [0.25, 0.3) is 0 Å². The number of nitrogens with one attached hydrogen (secondary N) is 1.